The Labute approximate surface area is 218 Å². The molecule has 2 heterocycles. The van der Waals surface area contributed by atoms with Gasteiger partial charge in [-0.05, 0) is 41.7 Å². The van der Waals surface area contributed by atoms with Crippen LogP contribution in [0.4, 0.5) is 0 Å². The Morgan fingerprint density at radius 1 is 0.865 bits per heavy atom. The normalized spacial score (nSPS) is 13.8. The van der Waals surface area contributed by atoms with Gasteiger partial charge in [0.25, 0.3) is 0 Å². The highest BCUT2D eigenvalue weighted by Crippen LogP contribution is 2.21. The van der Waals surface area contributed by atoms with Crippen molar-refractivity contribution in [2.45, 2.75) is 37.4 Å². The number of benzene rings is 2. The number of aromatic nitrogens is 2. The summed E-state index contributed by atoms with van der Waals surface area (Å²) >= 11 is 1.58. The van der Waals surface area contributed by atoms with Crippen molar-refractivity contribution < 1.29 is 19.5 Å². The summed E-state index contributed by atoms with van der Waals surface area (Å²) in [7, 11) is 0. The molecule has 0 aliphatic heterocycles. The van der Waals surface area contributed by atoms with Crippen LogP contribution in [0.25, 0.3) is 21.8 Å². The van der Waals surface area contributed by atoms with Crippen molar-refractivity contribution in [1.29, 1.82) is 0 Å². The monoisotopic (exact) mass is 521 g/mol. The second-order valence-corrected chi connectivity index (χ2v) is 9.96. The molecule has 0 fully saturated rings. The second-order valence-electron chi connectivity index (χ2n) is 8.98. The Balaban J connectivity index is 1.55. The molecule has 9 nitrogen and oxygen atoms in total. The van der Waals surface area contributed by atoms with E-state index in [1.807, 2.05) is 54.8 Å². The third kappa shape index (κ3) is 6.33. The molecule has 37 heavy (non-hydrogen) atoms. The van der Waals surface area contributed by atoms with E-state index in [2.05, 4.69) is 20.6 Å². The van der Waals surface area contributed by atoms with E-state index in [1.165, 1.54) is 0 Å². The second kappa shape index (κ2) is 12.0. The largest absolute Gasteiger partial charge is 0.480 e. The summed E-state index contributed by atoms with van der Waals surface area (Å²) < 4.78 is 0. The van der Waals surface area contributed by atoms with Crippen LogP contribution < -0.4 is 16.4 Å². The quantitative estimate of drug-likeness (QED) is 0.168. The zero-order valence-corrected chi connectivity index (χ0v) is 21.3. The maximum Gasteiger partial charge on any atom is 0.326 e. The van der Waals surface area contributed by atoms with Gasteiger partial charge in [0.1, 0.15) is 12.1 Å². The highest BCUT2D eigenvalue weighted by atomic mass is 32.2. The topological polar surface area (TPSA) is 153 Å². The van der Waals surface area contributed by atoms with Gasteiger partial charge in [0.15, 0.2) is 0 Å². The first-order chi connectivity index (χ1) is 17.9. The minimum absolute atomic E-state index is 0.0894. The summed E-state index contributed by atoms with van der Waals surface area (Å²) in [6.07, 6.45) is 6.21. The molecule has 0 aliphatic carbocycles. The van der Waals surface area contributed by atoms with Gasteiger partial charge in [-0.1, -0.05) is 36.4 Å². The van der Waals surface area contributed by atoms with Gasteiger partial charge < -0.3 is 31.4 Å². The molecule has 3 atom stereocenters. The molecule has 0 aliphatic rings. The minimum atomic E-state index is -1.18. The molecule has 4 aromatic rings. The Bertz CT molecular complexity index is 1400. The van der Waals surface area contributed by atoms with Crippen molar-refractivity contribution >= 4 is 51.4 Å². The fraction of sp³-hybridized carbons (Fsp3) is 0.296. The van der Waals surface area contributed by atoms with Crippen molar-refractivity contribution in [2.75, 3.05) is 12.0 Å². The zero-order valence-electron chi connectivity index (χ0n) is 20.5. The Morgan fingerprint density at radius 2 is 1.38 bits per heavy atom. The molecule has 2 aromatic heterocycles. The number of thioether (sulfide) groups is 1. The SMILES string of the molecule is CSCCC(N)C(=O)NC(Cc1c[nH]c2ccccc12)C(=O)NC(Cc1c[nH]c2ccccc12)C(=O)O. The van der Waals surface area contributed by atoms with Gasteiger partial charge in [0.2, 0.25) is 11.8 Å². The van der Waals surface area contributed by atoms with Gasteiger partial charge in [-0.3, -0.25) is 9.59 Å². The van der Waals surface area contributed by atoms with Crippen molar-refractivity contribution in [2.24, 2.45) is 5.73 Å². The maximum absolute atomic E-state index is 13.4. The Morgan fingerprint density at radius 3 is 1.92 bits per heavy atom. The molecular formula is C27H31N5O4S. The number of amides is 2. The van der Waals surface area contributed by atoms with Crippen LogP contribution in [0.1, 0.15) is 17.5 Å². The molecule has 0 bridgehead atoms. The summed E-state index contributed by atoms with van der Waals surface area (Å²) in [5.74, 6) is -1.48. The van der Waals surface area contributed by atoms with Gasteiger partial charge in [-0.2, -0.15) is 11.8 Å². The number of aromatic amines is 2. The number of nitrogens with one attached hydrogen (secondary N) is 4. The van der Waals surface area contributed by atoms with Crippen LogP contribution in [0.2, 0.25) is 0 Å². The van der Waals surface area contributed by atoms with E-state index in [-0.39, 0.29) is 12.8 Å². The van der Waals surface area contributed by atoms with E-state index in [9.17, 15) is 19.5 Å². The molecule has 194 valence electrons. The van der Waals surface area contributed by atoms with Crippen LogP contribution in [0.5, 0.6) is 0 Å². The van der Waals surface area contributed by atoms with E-state index in [1.54, 1.807) is 24.2 Å². The number of nitrogens with two attached hydrogens (primary N) is 1. The van der Waals surface area contributed by atoms with Crippen LogP contribution in [-0.2, 0) is 27.2 Å². The van der Waals surface area contributed by atoms with Crippen LogP contribution in [0.3, 0.4) is 0 Å². The highest BCUT2D eigenvalue weighted by Gasteiger charge is 2.29. The molecule has 0 radical (unpaired) electrons. The van der Waals surface area contributed by atoms with Gasteiger partial charge in [0.05, 0.1) is 6.04 Å². The number of carbonyl (C=O) groups excluding carboxylic acids is 2. The lowest BCUT2D eigenvalue weighted by atomic mass is 10.0. The average molecular weight is 522 g/mol. The van der Waals surface area contributed by atoms with E-state index in [0.29, 0.717) is 12.2 Å². The number of rotatable bonds is 12. The van der Waals surface area contributed by atoms with Crippen molar-refractivity contribution in [3.05, 3.63) is 72.1 Å². The molecule has 2 aromatic carbocycles. The van der Waals surface area contributed by atoms with Gasteiger partial charge in [-0.25, -0.2) is 4.79 Å². The third-order valence-electron chi connectivity index (χ3n) is 6.42. The summed E-state index contributed by atoms with van der Waals surface area (Å²) in [6.45, 7) is 0. The van der Waals surface area contributed by atoms with Gasteiger partial charge >= 0.3 is 5.97 Å². The van der Waals surface area contributed by atoms with Crippen molar-refractivity contribution in [3.8, 4) is 0 Å². The number of carbonyl (C=O) groups is 3. The minimum Gasteiger partial charge on any atom is -0.480 e. The third-order valence-corrected chi connectivity index (χ3v) is 7.06. The smallest absolute Gasteiger partial charge is 0.326 e. The van der Waals surface area contributed by atoms with Crippen molar-refractivity contribution in [1.82, 2.24) is 20.6 Å². The number of carboxylic acid groups (broad SMARTS) is 1. The number of fused-ring (bicyclic) bond motifs is 2. The molecule has 2 amide bonds. The standard InChI is InChI=1S/C27H31N5O4S/c1-37-11-10-20(28)25(33)31-23(12-16-14-29-21-8-4-2-6-18(16)21)26(34)32-24(27(35)36)13-17-15-30-22-9-5-3-7-19(17)22/h2-9,14-15,20,23-24,29-30H,10-13,28H2,1H3,(H,31,33)(H,32,34)(H,35,36). The van der Waals surface area contributed by atoms with Crippen LogP contribution in [0, 0.1) is 0 Å². The summed E-state index contributed by atoms with van der Waals surface area (Å²) in [6, 6.07) is 12.3. The molecule has 10 heteroatoms. The van der Waals surface area contributed by atoms with Gasteiger partial charge in [0, 0.05) is 47.0 Å². The first-order valence-corrected chi connectivity index (χ1v) is 13.4. The number of hydrogen-bond acceptors (Lipinski definition) is 5. The lowest BCUT2D eigenvalue weighted by Crippen LogP contribution is -2.55. The fourth-order valence-electron chi connectivity index (χ4n) is 4.38. The van der Waals surface area contributed by atoms with Crippen molar-refractivity contribution in [3.63, 3.8) is 0 Å². The first kappa shape index (κ1) is 26.3. The fourth-order valence-corrected chi connectivity index (χ4v) is 4.87. The first-order valence-electron chi connectivity index (χ1n) is 12.1. The van der Waals surface area contributed by atoms with Crippen LogP contribution in [0.15, 0.2) is 60.9 Å². The van der Waals surface area contributed by atoms with E-state index >= 15 is 0 Å². The molecular weight excluding hydrogens is 490 g/mol. The predicted molar refractivity (Wildman–Crippen MR) is 146 cm³/mol. The molecule has 0 saturated carbocycles. The van der Waals surface area contributed by atoms with Crippen LogP contribution in [-0.4, -0.2) is 63.0 Å². The number of hydrogen-bond donors (Lipinski definition) is 6. The van der Waals surface area contributed by atoms with E-state index in [0.717, 1.165) is 32.9 Å². The van der Waals surface area contributed by atoms with E-state index in [4.69, 9.17) is 5.73 Å². The number of aliphatic carboxylic acids is 1. The number of para-hydroxylation sites is 2. The summed E-state index contributed by atoms with van der Waals surface area (Å²) in [4.78, 5) is 44.7. The highest BCUT2D eigenvalue weighted by molar-refractivity contribution is 7.98. The Hall–Kier alpha value is -3.76. The lowest BCUT2D eigenvalue weighted by molar-refractivity contribution is -0.142. The number of H-pyrrole nitrogens is 2. The molecule has 0 spiro atoms. The summed E-state index contributed by atoms with van der Waals surface area (Å²) in [5.41, 5.74) is 9.45. The maximum atomic E-state index is 13.4. The summed E-state index contributed by atoms with van der Waals surface area (Å²) in [5, 5.41) is 17.1. The lowest BCUT2D eigenvalue weighted by Gasteiger charge is -2.23. The van der Waals surface area contributed by atoms with Crippen LogP contribution >= 0.6 is 11.8 Å². The van der Waals surface area contributed by atoms with Gasteiger partial charge in [-0.15, -0.1) is 0 Å². The molecule has 4 rings (SSSR count). The van der Waals surface area contributed by atoms with E-state index < -0.39 is 35.9 Å². The Kier molecular flexibility index (Phi) is 8.52. The zero-order chi connectivity index (χ0) is 26.4. The average Bonchev–Trinajstić information content (AvgIpc) is 3.50. The molecule has 7 N–H and O–H groups in total. The number of carboxylic acids is 1. The molecule has 0 saturated heterocycles. The predicted octanol–water partition coefficient (Wildman–Crippen LogP) is 2.57. The molecule has 3 unspecified atom stereocenters.